The zero-order valence-electron chi connectivity index (χ0n) is 13.6. The second kappa shape index (κ2) is 7.94. The fraction of sp³-hybridized carbons (Fsp3) is 0.235. The van der Waals surface area contributed by atoms with Crippen LogP contribution in [0.1, 0.15) is 6.42 Å². The van der Waals surface area contributed by atoms with Crippen LogP contribution in [0.15, 0.2) is 54.6 Å². The van der Waals surface area contributed by atoms with Gasteiger partial charge < -0.3 is 10.1 Å². The van der Waals surface area contributed by atoms with Crippen LogP contribution < -0.4 is 10.1 Å². The molecule has 0 unspecified atom stereocenters. The van der Waals surface area contributed by atoms with Gasteiger partial charge in [0.05, 0.1) is 5.75 Å². The lowest BCUT2D eigenvalue weighted by Crippen LogP contribution is -2.27. The zero-order valence-corrected chi connectivity index (χ0v) is 14.4. The highest BCUT2D eigenvalue weighted by Crippen LogP contribution is 2.22. The molecule has 0 aliphatic carbocycles. The van der Waals surface area contributed by atoms with Crippen LogP contribution in [-0.4, -0.2) is 38.5 Å². The molecule has 2 rings (SSSR count). The molecule has 0 aromatic heterocycles. The number of benzene rings is 2. The molecule has 128 valence electrons. The number of carbonyl (C=O) groups excluding carboxylic acids is 1. The Hall–Kier alpha value is -2.38. The molecule has 0 saturated heterocycles. The molecule has 0 aliphatic rings. The zero-order chi connectivity index (χ0) is 17.6. The van der Waals surface area contributed by atoms with E-state index in [4.69, 9.17) is 4.74 Å². The third kappa shape index (κ3) is 5.36. The Morgan fingerprint density at radius 2 is 1.58 bits per heavy atom. The van der Waals surface area contributed by atoms with E-state index >= 15 is 0 Å². The van der Waals surface area contributed by atoms with Crippen LogP contribution in [0.4, 0.5) is 5.69 Å². The Kier molecular flexibility index (Phi) is 5.94. The van der Waals surface area contributed by atoms with Gasteiger partial charge in [0.15, 0.2) is 0 Å². The number of amides is 1. The van der Waals surface area contributed by atoms with Crippen LogP contribution in [-0.2, 0) is 14.8 Å². The quantitative estimate of drug-likeness (QED) is 0.835. The second-order valence-corrected chi connectivity index (χ2v) is 7.64. The summed E-state index contributed by atoms with van der Waals surface area (Å²) in [5.74, 6) is 0.802. The molecule has 0 radical (unpaired) electrons. The lowest BCUT2D eigenvalue weighted by molar-refractivity contribution is -0.115. The van der Waals surface area contributed by atoms with Crippen molar-refractivity contribution in [3.63, 3.8) is 0 Å². The van der Waals surface area contributed by atoms with Crippen LogP contribution in [0, 0.1) is 0 Å². The van der Waals surface area contributed by atoms with E-state index in [0.29, 0.717) is 11.4 Å². The molecule has 0 saturated carbocycles. The van der Waals surface area contributed by atoms with E-state index in [9.17, 15) is 13.2 Å². The highest BCUT2D eigenvalue weighted by molar-refractivity contribution is 7.89. The van der Waals surface area contributed by atoms with E-state index in [-0.39, 0.29) is 18.1 Å². The predicted molar refractivity (Wildman–Crippen MR) is 93.7 cm³/mol. The summed E-state index contributed by atoms with van der Waals surface area (Å²) in [6.45, 7) is 0. The monoisotopic (exact) mass is 348 g/mol. The molecule has 0 bridgehead atoms. The van der Waals surface area contributed by atoms with Crippen molar-refractivity contribution in [3.8, 4) is 11.5 Å². The molecule has 1 N–H and O–H groups in total. The van der Waals surface area contributed by atoms with Gasteiger partial charge in [-0.2, -0.15) is 0 Å². The fourth-order valence-electron chi connectivity index (χ4n) is 1.86. The number of rotatable bonds is 7. The maximum absolute atomic E-state index is 11.8. The Morgan fingerprint density at radius 1 is 1.00 bits per heavy atom. The highest BCUT2D eigenvalue weighted by atomic mass is 32.2. The fourth-order valence-corrected chi connectivity index (χ4v) is 2.67. The maximum atomic E-state index is 11.8. The summed E-state index contributed by atoms with van der Waals surface area (Å²) in [4.78, 5) is 11.8. The van der Waals surface area contributed by atoms with Crippen LogP contribution in [0.2, 0.25) is 0 Å². The molecule has 2 aromatic rings. The largest absolute Gasteiger partial charge is 0.457 e. The Labute approximate surface area is 142 Å². The molecule has 6 nitrogen and oxygen atoms in total. The van der Waals surface area contributed by atoms with Gasteiger partial charge in [-0.15, -0.1) is 0 Å². The van der Waals surface area contributed by atoms with Gasteiger partial charge in [-0.1, -0.05) is 18.2 Å². The van der Waals surface area contributed by atoms with Gasteiger partial charge in [-0.3, -0.25) is 4.79 Å². The summed E-state index contributed by atoms with van der Waals surface area (Å²) in [5, 5.41) is 2.67. The number of sulfonamides is 1. The number of para-hydroxylation sites is 1. The third-order valence-corrected chi connectivity index (χ3v) is 5.09. The molecule has 0 aliphatic heterocycles. The van der Waals surface area contributed by atoms with Crippen molar-refractivity contribution in [2.24, 2.45) is 0 Å². The average molecular weight is 348 g/mol. The minimum Gasteiger partial charge on any atom is -0.457 e. The van der Waals surface area contributed by atoms with Gasteiger partial charge in [-0.05, 0) is 36.4 Å². The van der Waals surface area contributed by atoms with Crippen molar-refractivity contribution >= 4 is 21.6 Å². The molecule has 2 aromatic carbocycles. The van der Waals surface area contributed by atoms with Crippen LogP contribution >= 0.6 is 0 Å². The van der Waals surface area contributed by atoms with Crippen molar-refractivity contribution in [3.05, 3.63) is 54.6 Å². The normalized spacial score (nSPS) is 11.3. The number of carbonyl (C=O) groups is 1. The van der Waals surface area contributed by atoms with E-state index in [1.54, 1.807) is 24.3 Å². The van der Waals surface area contributed by atoms with Crippen molar-refractivity contribution in [2.45, 2.75) is 6.42 Å². The van der Waals surface area contributed by atoms with Gasteiger partial charge in [0.25, 0.3) is 0 Å². The first kappa shape index (κ1) is 18.0. The first-order valence-corrected chi connectivity index (χ1v) is 9.01. The Morgan fingerprint density at radius 3 is 2.17 bits per heavy atom. The van der Waals surface area contributed by atoms with Crippen molar-refractivity contribution in [2.75, 3.05) is 25.2 Å². The van der Waals surface area contributed by atoms with Gasteiger partial charge >= 0.3 is 0 Å². The number of hydrogen-bond donors (Lipinski definition) is 1. The van der Waals surface area contributed by atoms with Crippen LogP contribution in [0.25, 0.3) is 0 Å². The smallest absolute Gasteiger partial charge is 0.225 e. The standard InChI is InChI=1S/C17H20N2O4S/c1-19(2)24(21,22)13-12-17(20)18-14-8-10-16(11-9-14)23-15-6-4-3-5-7-15/h3-11H,12-13H2,1-2H3,(H,18,20). The Balaban J connectivity index is 1.88. The predicted octanol–water partition coefficient (Wildman–Crippen LogP) is 2.70. The van der Waals surface area contributed by atoms with Crippen molar-refractivity contribution in [1.82, 2.24) is 4.31 Å². The maximum Gasteiger partial charge on any atom is 0.225 e. The van der Waals surface area contributed by atoms with Crippen molar-refractivity contribution in [1.29, 1.82) is 0 Å². The molecular formula is C17H20N2O4S. The number of ether oxygens (including phenoxy) is 1. The number of anilines is 1. The number of nitrogens with one attached hydrogen (secondary N) is 1. The van der Waals surface area contributed by atoms with Gasteiger partial charge in [0.2, 0.25) is 15.9 Å². The SMILES string of the molecule is CN(C)S(=O)(=O)CCC(=O)Nc1ccc(Oc2ccccc2)cc1. The molecule has 0 atom stereocenters. The summed E-state index contributed by atoms with van der Waals surface area (Å²) in [6.07, 6.45) is -0.0945. The summed E-state index contributed by atoms with van der Waals surface area (Å²) < 4.78 is 30.0. The molecule has 0 fully saturated rings. The topological polar surface area (TPSA) is 75.7 Å². The summed E-state index contributed by atoms with van der Waals surface area (Å²) in [7, 11) is -0.488. The number of nitrogens with zero attached hydrogens (tertiary/aromatic N) is 1. The molecule has 24 heavy (non-hydrogen) atoms. The molecule has 0 heterocycles. The molecular weight excluding hydrogens is 328 g/mol. The van der Waals surface area contributed by atoms with E-state index < -0.39 is 10.0 Å². The summed E-state index contributed by atoms with van der Waals surface area (Å²) in [5.41, 5.74) is 0.586. The van der Waals surface area contributed by atoms with Crippen LogP contribution in [0.5, 0.6) is 11.5 Å². The highest BCUT2D eigenvalue weighted by Gasteiger charge is 2.15. The first-order valence-electron chi connectivity index (χ1n) is 7.40. The van der Waals surface area contributed by atoms with Crippen LogP contribution in [0.3, 0.4) is 0 Å². The second-order valence-electron chi connectivity index (χ2n) is 5.34. The average Bonchev–Trinajstić information content (AvgIpc) is 2.56. The molecule has 1 amide bonds. The van der Waals surface area contributed by atoms with E-state index in [2.05, 4.69) is 5.32 Å². The third-order valence-electron chi connectivity index (χ3n) is 3.26. The van der Waals surface area contributed by atoms with Gasteiger partial charge in [0.1, 0.15) is 11.5 Å². The lowest BCUT2D eigenvalue weighted by Gasteiger charge is -2.11. The lowest BCUT2D eigenvalue weighted by atomic mass is 10.3. The van der Waals surface area contributed by atoms with Crippen molar-refractivity contribution < 1.29 is 17.9 Å². The van der Waals surface area contributed by atoms with Gasteiger partial charge in [-0.25, -0.2) is 12.7 Å². The van der Waals surface area contributed by atoms with E-state index in [0.717, 1.165) is 10.1 Å². The Bertz CT molecular complexity index is 772. The minimum absolute atomic E-state index is 0.0945. The first-order chi connectivity index (χ1) is 11.4. The van der Waals surface area contributed by atoms with E-state index in [1.165, 1.54) is 14.1 Å². The number of hydrogen-bond acceptors (Lipinski definition) is 4. The minimum atomic E-state index is -3.37. The van der Waals surface area contributed by atoms with Gasteiger partial charge in [0, 0.05) is 26.2 Å². The summed E-state index contributed by atoms with van der Waals surface area (Å²) >= 11 is 0. The molecule has 0 spiro atoms. The van der Waals surface area contributed by atoms with E-state index in [1.807, 2.05) is 30.3 Å². The molecule has 7 heteroatoms. The summed E-state index contributed by atoms with van der Waals surface area (Å²) in [6, 6.07) is 16.2.